The molecule has 10 heteroatoms. The second kappa shape index (κ2) is 15.7. The Morgan fingerprint density at radius 3 is 2.02 bits per heavy atom. The monoisotopic (exact) mass is 675 g/mol. The molecule has 4 aromatic carbocycles. The van der Waals surface area contributed by atoms with Gasteiger partial charge in [-0.3, -0.25) is 9.59 Å². The van der Waals surface area contributed by atoms with Gasteiger partial charge in [-0.1, -0.05) is 74.5 Å². The van der Waals surface area contributed by atoms with Crippen molar-refractivity contribution < 1.29 is 22.4 Å². The minimum absolute atomic E-state index is 0.00837. The molecule has 1 aromatic heterocycles. The fourth-order valence-corrected chi connectivity index (χ4v) is 6.54. The molecule has 0 saturated heterocycles. The van der Waals surface area contributed by atoms with Crippen molar-refractivity contribution in [1.82, 2.24) is 14.4 Å². The van der Waals surface area contributed by atoms with Crippen LogP contribution in [0.1, 0.15) is 30.5 Å². The van der Waals surface area contributed by atoms with Crippen LogP contribution in [0.25, 0.3) is 22.0 Å². The topological polar surface area (TPSA) is 45.5 Å². The van der Waals surface area contributed by atoms with Crippen molar-refractivity contribution in [3.8, 4) is 11.1 Å². The molecule has 1 amide bonds. The van der Waals surface area contributed by atoms with E-state index < -0.39 is 11.7 Å². The first-order valence-corrected chi connectivity index (χ1v) is 16.8. The minimum atomic E-state index is -4.40. The third kappa shape index (κ3) is 8.73. The Bertz CT molecular complexity index is 1890. The average molecular weight is 676 g/mol. The van der Waals surface area contributed by atoms with Gasteiger partial charge >= 0.3 is 6.18 Å². The number of nitrogens with zero attached hydrogens (tertiary/aromatic N) is 3. The quantitative estimate of drug-likeness (QED) is 0.0928. The fraction of sp³-hybridized carbons (Fsp3) is 0.263. The van der Waals surface area contributed by atoms with Gasteiger partial charge in [-0.25, -0.2) is 4.39 Å². The molecule has 0 N–H and O–H groups in total. The molecule has 5 nitrogen and oxygen atoms in total. The summed E-state index contributed by atoms with van der Waals surface area (Å²) < 4.78 is 54.5. The molecule has 0 aliphatic carbocycles. The molecule has 0 radical (unpaired) electrons. The van der Waals surface area contributed by atoms with Crippen LogP contribution in [0.2, 0.25) is 0 Å². The van der Waals surface area contributed by atoms with E-state index in [-0.39, 0.29) is 23.7 Å². The van der Waals surface area contributed by atoms with Crippen molar-refractivity contribution >= 4 is 28.6 Å². The summed E-state index contributed by atoms with van der Waals surface area (Å²) in [4.78, 5) is 31.3. The van der Waals surface area contributed by atoms with E-state index in [0.717, 1.165) is 41.9 Å². The molecule has 0 saturated carbocycles. The molecule has 0 aliphatic heterocycles. The van der Waals surface area contributed by atoms with Crippen LogP contribution in [-0.4, -0.2) is 46.5 Å². The van der Waals surface area contributed by atoms with E-state index >= 15 is 0 Å². The largest absolute Gasteiger partial charge is 0.416 e. The lowest BCUT2D eigenvalue weighted by Crippen LogP contribution is -2.40. The zero-order valence-electron chi connectivity index (χ0n) is 26.8. The van der Waals surface area contributed by atoms with Crippen LogP contribution < -0.4 is 5.43 Å². The number of fused-ring (bicyclic) bond motifs is 1. The summed E-state index contributed by atoms with van der Waals surface area (Å²) in [6.07, 6.45) is -4.40. The van der Waals surface area contributed by atoms with Crippen molar-refractivity contribution in [3.63, 3.8) is 0 Å². The molecule has 0 bridgehead atoms. The third-order valence-electron chi connectivity index (χ3n) is 8.38. The van der Waals surface area contributed by atoms with Crippen LogP contribution in [0.4, 0.5) is 17.6 Å². The predicted octanol–water partition coefficient (Wildman–Crippen LogP) is 8.49. The summed E-state index contributed by atoms with van der Waals surface area (Å²) in [6.45, 7) is 7.35. The zero-order chi connectivity index (χ0) is 34.3. The highest BCUT2D eigenvalue weighted by molar-refractivity contribution is 7.98. The summed E-state index contributed by atoms with van der Waals surface area (Å²) >= 11 is 1.42. The summed E-state index contributed by atoms with van der Waals surface area (Å²) in [6, 6.07) is 27.5. The van der Waals surface area contributed by atoms with Crippen LogP contribution in [0.15, 0.2) is 113 Å². The Labute approximate surface area is 281 Å². The van der Waals surface area contributed by atoms with Crippen LogP contribution in [0.3, 0.4) is 0 Å². The fourth-order valence-electron chi connectivity index (χ4n) is 5.53. The number of carbonyl (C=O) groups excluding carboxylic acids is 1. The standard InChI is InChI=1S/C38H37F4N3O2S/c1-3-43(4-2)21-22-44(24-27-9-13-29(14-10-27)30-15-17-31(18-16-30)38(40,41)42)36(47)25-45-34-8-6-5-7-33(34)35(46)23-37(45)48-26-28-11-19-32(39)20-12-28/h5-20,23H,3-4,21-22,24-26H2,1-2H3. The van der Waals surface area contributed by atoms with Crippen LogP contribution in [0.5, 0.6) is 0 Å². The Kier molecular flexibility index (Phi) is 11.4. The SMILES string of the molecule is CCN(CC)CCN(Cc1ccc(-c2ccc(C(F)(F)F)cc2)cc1)C(=O)Cn1c(SCc2ccc(F)cc2)cc(=O)c2ccccc21. The van der Waals surface area contributed by atoms with Gasteiger partial charge in [0.05, 0.1) is 16.1 Å². The van der Waals surface area contributed by atoms with Gasteiger partial charge in [-0.2, -0.15) is 13.2 Å². The van der Waals surface area contributed by atoms with Gasteiger partial charge in [0.15, 0.2) is 5.43 Å². The highest BCUT2D eigenvalue weighted by Gasteiger charge is 2.30. The van der Waals surface area contributed by atoms with Gasteiger partial charge in [0.25, 0.3) is 0 Å². The first-order chi connectivity index (χ1) is 23.0. The number of para-hydroxylation sites is 1. The van der Waals surface area contributed by atoms with Gasteiger partial charge in [0, 0.05) is 36.8 Å². The zero-order valence-corrected chi connectivity index (χ0v) is 27.7. The maximum Gasteiger partial charge on any atom is 0.416 e. The van der Waals surface area contributed by atoms with E-state index in [4.69, 9.17) is 0 Å². The van der Waals surface area contributed by atoms with E-state index in [1.807, 2.05) is 45.9 Å². The van der Waals surface area contributed by atoms with Gasteiger partial charge < -0.3 is 14.4 Å². The Morgan fingerprint density at radius 1 is 0.792 bits per heavy atom. The van der Waals surface area contributed by atoms with Crippen molar-refractivity contribution in [1.29, 1.82) is 0 Å². The normalized spacial score (nSPS) is 11.7. The Balaban J connectivity index is 1.41. The lowest BCUT2D eigenvalue weighted by Gasteiger charge is -2.28. The number of alkyl halides is 3. The molecule has 0 fully saturated rings. The molecule has 0 atom stereocenters. The Hall–Kier alpha value is -4.41. The lowest BCUT2D eigenvalue weighted by atomic mass is 10.0. The van der Waals surface area contributed by atoms with Crippen LogP contribution in [0, 0.1) is 5.82 Å². The van der Waals surface area contributed by atoms with Crippen molar-refractivity contribution in [3.05, 3.63) is 136 Å². The average Bonchev–Trinajstić information content (AvgIpc) is 3.09. The van der Waals surface area contributed by atoms with E-state index in [2.05, 4.69) is 18.7 Å². The number of benzene rings is 4. The summed E-state index contributed by atoms with van der Waals surface area (Å²) in [5, 5.41) is 1.16. The van der Waals surface area contributed by atoms with Gasteiger partial charge in [-0.05, 0) is 71.7 Å². The number of pyridine rings is 1. The molecule has 0 aliphatic rings. The first-order valence-electron chi connectivity index (χ1n) is 15.8. The first kappa shape index (κ1) is 34.9. The molecule has 1 heterocycles. The molecule has 48 heavy (non-hydrogen) atoms. The van der Waals surface area contributed by atoms with Gasteiger partial charge in [0.2, 0.25) is 5.91 Å². The highest BCUT2D eigenvalue weighted by Crippen LogP contribution is 2.31. The minimum Gasteiger partial charge on any atom is -0.336 e. The number of aromatic nitrogens is 1. The van der Waals surface area contributed by atoms with E-state index in [0.29, 0.717) is 46.9 Å². The number of hydrogen-bond donors (Lipinski definition) is 0. The lowest BCUT2D eigenvalue weighted by molar-refractivity contribution is -0.137. The highest BCUT2D eigenvalue weighted by atomic mass is 32.2. The number of hydrogen-bond acceptors (Lipinski definition) is 4. The number of carbonyl (C=O) groups is 1. The van der Waals surface area contributed by atoms with Crippen LogP contribution in [-0.2, 0) is 29.8 Å². The van der Waals surface area contributed by atoms with E-state index in [9.17, 15) is 27.2 Å². The van der Waals surface area contributed by atoms with E-state index in [1.165, 1.54) is 36.0 Å². The second-order valence-corrected chi connectivity index (χ2v) is 12.5. The number of amides is 1. The van der Waals surface area contributed by atoms with E-state index in [1.54, 1.807) is 30.3 Å². The molecule has 5 aromatic rings. The maximum atomic E-state index is 14.2. The predicted molar refractivity (Wildman–Crippen MR) is 184 cm³/mol. The molecular weight excluding hydrogens is 638 g/mol. The smallest absolute Gasteiger partial charge is 0.336 e. The summed E-state index contributed by atoms with van der Waals surface area (Å²) in [5.41, 5.74) is 3.04. The summed E-state index contributed by atoms with van der Waals surface area (Å²) in [5.74, 6) is 0.0471. The number of likely N-dealkylation sites (N-methyl/N-ethyl adjacent to an activating group) is 1. The van der Waals surface area contributed by atoms with Crippen molar-refractivity contribution in [2.75, 3.05) is 26.2 Å². The number of thioether (sulfide) groups is 1. The second-order valence-electron chi connectivity index (χ2n) is 11.5. The molecule has 250 valence electrons. The number of halogens is 4. The van der Waals surface area contributed by atoms with Crippen molar-refractivity contribution in [2.24, 2.45) is 0 Å². The number of rotatable bonds is 13. The van der Waals surface area contributed by atoms with Gasteiger partial charge in [-0.15, -0.1) is 11.8 Å². The molecule has 5 rings (SSSR count). The third-order valence-corrected chi connectivity index (χ3v) is 9.49. The molecular formula is C38H37F4N3O2S. The molecule has 0 spiro atoms. The van der Waals surface area contributed by atoms with Gasteiger partial charge in [0.1, 0.15) is 12.4 Å². The van der Waals surface area contributed by atoms with Crippen LogP contribution >= 0.6 is 11.8 Å². The van der Waals surface area contributed by atoms with Crippen molar-refractivity contribution in [2.45, 2.75) is 43.9 Å². The summed E-state index contributed by atoms with van der Waals surface area (Å²) in [7, 11) is 0. The molecule has 0 unspecified atom stereocenters. The Morgan fingerprint density at radius 2 is 1.40 bits per heavy atom. The maximum absolute atomic E-state index is 14.2.